The van der Waals surface area contributed by atoms with Crippen LogP contribution in [0.5, 0.6) is 11.5 Å². The molecular weight excluding hydrogens is 374 g/mol. The minimum atomic E-state index is -0.834. The van der Waals surface area contributed by atoms with E-state index in [1.54, 1.807) is 6.21 Å². The van der Waals surface area contributed by atoms with Gasteiger partial charge in [0.05, 0.1) is 18.6 Å². The molecule has 1 unspecified atom stereocenters. The van der Waals surface area contributed by atoms with Crippen LogP contribution in [-0.2, 0) is 15.6 Å². The third kappa shape index (κ3) is 10.5. The fraction of sp³-hybridized carbons (Fsp3) is 0.591. The highest BCUT2D eigenvalue weighted by molar-refractivity contribution is 7.85. The summed E-state index contributed by atoms with van der Waals surface area (Å²) in [7, 11) is 0.654. The van der Waals surface area contributed by atoms with Crippen LogP contribution in [0.4, 0.5) is 0 Å². The Labute approximate surface area is 172 Å². The van der Waals surface area contributed by atoms with E-state index in [-0.39, 0.29) is 0 Å². The maximum Gasteiger partial charge on any atom is 0.125 e. The molecule has 0 spiro atoms. The lowest BCUT2D eigenvalue weighted by atomic mass is 10.1. The molecule has 0 bridgehead atoms. The predicted molar refractivity (Wildman–Crippen MR) is 118 cm³/mol. The summed E-state index contributed by atoms with van der Waals surface area (Å²) in [4.78, 5) is 4.56. The Balaban J connectivity index is 2.19. The number of ether oxygens (including phenoxy) is 2. The zero-order valence-electron chi connectivity index (χ0n) is 17.7. The molecule has 0 aliphatic rings. The smallest absolute Gasteiger partial charge is 0.125 e. The lowest BCUT2D eigenvalue weighted by Gasteiger charge is -2.14. The third-order valence-corrected chi connectivity index (χ3v) is 5.48. The summed E-state index contributed by atoms with van der Waals surface area (Å²) in [6.07, 6.45) is 10.9. The van der Waals surface area contributed by atoms with E-state index in [1.807, 2.05) is 31.2 Å². The average Bonchev–Trinajstić information content (AvgIpc) is 2.66. The topological polar surface area (TPSA) is 57.1 Å². The molecule has 0 radical (unpaired) electrons. The summed E-state index contributed by atoms with van der Waals surface area (Å²) >= 11 is 0. The minimum absolute atomic E-state index is 0.472. The average molecular weight is 410 g/mol. The largest absolute Gasteiger partial charge is 0.493 e. The van der Waals surface area contributed by atoms with Gasteiger partial charge in [0.2, 0.25) is 0 Å². The third-order valence-electron chi connectivity index (χ3n) is 4.22. The van der Waals surface area contributed by atoms with Gasteiger partial charge in [-0.3, -0.25) is 4.21 Å². The molecule has 6 heteroatoms. The van der Waals surface area contributed by atoms with E-state index in [0.717, 1.165) is 67.1 Å². The van der Waals surface area contributed by atoms with E-state index >= 15 is 0 Å². The van der Waals surface area contributed by atoms with Crippen LogP contribution in [0.25, 0.3) is 0 Å². The Bertz CT molecular complexity index is 620. The van der Waals surface area contributed by atoms with Crippen LogP contribution < -0.4 is 9.47 Å². The van der Waals surface area contributed by atoms with Crippen LogP contribution in [-0.4, -0.2) is 42.3 Å². The Morgan fingerprint density at radius 2 is 1.71 bits per heavy atom. The molecule has 5 nitrogen and oxygen atoms in total. The predicted octanol–water partition coefficient (Wildman–Crippen LogP) is 4.97. The highest BCUT2D eigenvalue weighted by Gasteiger charge is 2.07. The van der Waals surface area contributed by atoms with Gasteiger partial charge in [-0.1, -0.05) is 36.6 Å². The molecule has 0 saturated carbocycles. The summed E-state index contributed by atoms with van der Waals surface area (Å²) in [6.45, 7) is 7.41. The quantitative estimate of drug-likeness (QED) is 0.178. The van der Waals surface area contributed by atoms with Crippen molar-refractivity contribution in [2.45, 2.75) is 52.9 Å². The number of rotatable bonds is 15. The molecule has 0 N–H and O–H groups in total. The number of unbranched alkanes of at least 4 members (excludes halogenated alkanes) is 4. The molecule has 1 aromatic carbocycles. The summed E-state index contributed by atoms with van der Waals surface area (Å²) in [5.74, 6) is 3.05. The molecule has 0 aliphatic heterocycles. The van der Waals surface area contributed by atoms with Gasteiger partial charge in [0.1, 0.15) is 25.2 Å². The van der Waals surface area contributed by atoms with Crippen molar-refractivity contribution in [2.24, 2.45) is 5.16 Å². The minimum Gasteiger partial charge on any atom is -0.493 e. The van der Waals surface area contributed by atoms with Gasteiger partial charge in [0.25, 0.3) is 0 Å². The monoisotopic (exact) mass is 409 g/mol. The second-order valence-corrected chi connectivity index (χ2v) is 8.28. The van der Waals surface area contributed by atoms with Crippen LogP contribution in [0.3, 0.4) is 0 Å². The number of hydrogen-bond donors (Lipinski definition) is 0. The van der Waals surface area contributed by atoms with Crippen molar-refractivity contribution < 1.29 is 18.5 Å². The lowest BCUT2D eigenvalue weighted by Crippen LogP contribution is -2.04. The molecule has 0 saturated heterocycles. The molecule has 0 heterocycles. The molecule has 0 amide bonds. The number of benzene rings is 1. The van der Waals surface area contributed by atoms with E-state index in [1.165, 1.54) is 7.11 Å². The zero-order valence-corrected chi connectivity index (χ0v) is 18.6. The van der Waals surface area contributed by atoms with Crippen LogP contribution in [0.15, 0.2) is 29.4 Å². The van der Waals surface area contributed by atoms with Crippen molar-refractivity contribution in [3.8, 4) is 11.5 Å². The van der Waals surface area contributed by atoms with Crippen LogP contribution in [0.2, 0.25) is 0 Å². The molecule has 1 atom stereocenters. The number of hydrogen-bond acceptors (Lipinski definition) is 5. The Morgan fingerprint density at radius 3 is 2.39 bits per heavy atom. The second-order valence-electron chi connectivity index (χ2n) is 6.66. The summed E-state index contributed by atoms with van der Waals surface area (Å²) in [6, 6.07) is 4.06. The number of oxime groups is 1. The van der Waals surface area contributed by atoms with E-state index < -0.39 is 10.8 Å². The summed E-state index contributed by atoms with van der Waals surface area (Å²) < 4.78 is 23.4. The van der Waals surface area contributed by atoms with Crippen molar-refractivity contribution in [2.75, 3.05) is 31.8 Å². The van der Waals surface area contributed by atoms with Crippen LogP contribution in [0.1, 0.15) is 50.2 Å². The fourth-order valence-electron chi connectivity index (χ4n) is 2.80. The molecule has 28 heavy (non-hydrogen) atoms. The molecule has 1 aromatic rings. The van der Waals surface area contributed by atoms with Crippen LogP contribution in [0, 0.1) is 13.8 Å². The maximum atomic E-state index is 11.7. The Hall–Kier alpha value is -1.82. The highest BCUT2D eigenvalue weighted by atomic mass is 32.2. The summed E-state index contributed by atoms with van der Waals surface area (Å²) in [5, 5.41) is 3.61. The van der Waals surface area contributed by atoms with Crippen molar-refractivity contribution in [3.63, 3.8) is 0 Å². The van der Waals surface area contributed by atoms with Gasteiger partial charge in [-0.15, -0.1) is 0 Å². The summed E-state index contributed by atoms with van der Waals surface area (Å²) in [5.41, 5.74) is 2.21. The molecule has 0 fully saturated rings. The molecule has 0 aliphatic carbocycles. The Morgan fingerprint density at radius 1 is 1.04 bits per heavy atom. The van der Waals surface area contributed by atoms with Crippen LogP contribution >= 0.6 is 0 Å². The van der Waals surface area contributed by atoms with Gasteiger partial charge in [-0.05, 0) is 56.9 Å². The van der Waals surface area contributed by atoms with Gasteiger partial charge in [-0.25, -0.2) is 0 Å². The first-order valence-electron chi connectivity index (χ1n) is 9.96. The first kappa shape index (κ1) is 24.2. The number of nitrogens with zero attached hydrogens (tertiary/aromatic N) is 1. The fourth-order valence-corrected chi connectivity index (χ4v) is 3.72. The molecule has 1 rings (SSSR count). The van der Waals surface area contributed by atoms with Gasteiger partial charge >= 0.3 is 0 Å². The van der Waals surface area contributed by atoms with Crippen molar-refractivity contribution in [1.82, 2.24) is 0 Å². The number of aryl methyl sites for hydroxylation is 2. The van der Waals surface area contributed by atoms with Crippen molar-refractivity contribution >= 4 is 17.0 Å². The van der Waals surface area contributed by atoms with Gasteiger partial charge < -0.3 is 14.3 Å². The van der Waals surface area contributed by atoms with E-state index in [2.05, 4.69) is 23.8 Å². The first-order valence-corrected chi connectivity index (χ1v) is 11.4. The standard InChI is InChI=1S/C22H35NO4S/c1-5-6-13-26-21-17-19(2)22(20(3)18-21)27-14-10-8-7-9-11-15-28(24)16-12-23-25-4/h5-6,12,17-18H,7-11,13-16H2,1-4H3/b6-5+,23-12+. The molecule has 0 aromatic heterocycles. The van der Waals surface area contributed by atoms with Crippen molar-refractivity contribution in [1.29, 1.82) is 0 Å². The zero-order chi connectivity index (χ0) is 20.6. The highest BCUT2D eigenvalue weighted by Crippen LogP contribution is 2.28. The van der Waals surface area contributed by atoms with Crippen molar-refractivity contribution in [3.05, 3.63) is 35.4 Å². The van der Waals surface area contributed by atoms with Gasteiger partial charge in [0.15, 0.2) is 0 Å². The van der Waals surface area contributed by atoms with Gasteiger partial charge in [0, 0.05) is 16.6 Å². The van der Waals surface area contributed by atoms with E-state index in [9.17, 15) is 4.21 Å². The van der Waals surface area contributed by atoms with Gasteiger partial charge in [-0.2, -0.15) is 0 Å². The second kappa shape index (κ2) is 15.1. The van der Waals surface area contributed by atoms with E-state index in [4.69, 9.17) is 9.47 Å². The normalized spacial score (nSPS) is 12.6. The maximum absolute atomic E-state index is 11.7. The molecule has 158 valence electrons. The SMILES string of the molecule is C/C=C/COc1cc(C)c(OCCCCCCCS(=O)C/C=N/OC)c(C)c1. The Kier molecular flexibility index (Phi) is 13.1. The lowest BCUT2D eigenvalue weighted by molar-refractivity contribution is 0.215. The molecular formula is C22H35NO4S. The number of allylic oxidation sites excluding steroid dienone is 1. The van der Waals surface area contributed by atoms with E-state index in [0.29, 0.717) is 12.4 Å². The first-order chi connectivity index (χ1) is 13.6.